The number of aromatic nitrogens is 2. The Morgan fingerprint density at radius 1 is 1.19 bits per heavy atom. The fourth-order valence-electron chi connectivity index (χ4n) is 2.57. The van der Waals surface area contributed by atoms with E-state index >= 15 is 0 Å². The Balaban J connectivity index is 1.93. The van der Waals surface area contributed by atoms with Crippen molar-refractivity contribution < 1.29 is 4.39 Å². The number of imidazole rings is 1. The largest absolute Gasteiger partial charge is 0.326 e. The van der Waals surface area contributed by atoms with Crippen LogP contribution >= 0.6 is 11.6 Å². The van der Waals surface area contributed by atoms with Gasteiger partial charge in [-0.15, -0.1) is 11.6 Å². The maximum absolute atomic E-state index is 13.3. The first-order valence-electron chi connectivity index (χ1n) is 6.99. The Kier molecular flexibility index (Phi) is 3.93. The maximum Gasteiger partial charge on any atom is 0.127 e. The zero-order valence-corrected chi connectivity index (χ0v) is 12.5. The van der Waals surface area contributed by atoms with Crippen molar-refractivity contribution in [3.63, 3.8) is 0 Å². The molecular formula is C17H16ClFN2. The third-order valence-corrected chi connectivity index (χ3v) is 3.75. The van der Waals surface area contributed by atoms with Gasteiger partial charge in [-0.05, 0) is 43.2 Å². The van der Waals surface area contributed by atoms with Gasteiger partial charge in [0.2, 0.25) is 0 Å². The smallest absolute Gasteiger partial charge is 0.127 e. The van der Waals surface area contributed by atoms with Gasteiger partial charge in [0.15, 0.2) is 0 Å². The van der Waals surface area contributed by atoms with Gasteiger partial charge >= 0.3 is 0 Å². The van der Waals surface area contributed by atoms with Crippen molar-refractivity contribution >= 4 is 22.6 Å². The molecular weight excluding hydrogens is 287 g/mol. The lowest BCUT2D eigenvalue weighted by molar-refractivity contribution is 0.620. The van der Waals surface area contributed by atoms with E-state index in [0.717, 1.165) is 35.4 Å². The topological polar surface area (TPSA) is 17.8 Å². The van der Waals surface area contributed by atoms with E-state index in [1.165, 1.54) is 6.07 Å². The highest BCUT2D eigenvalue weighted by Gasteiger charge is 2.14. The predicted molar refractivity (Wildman–Crippen MR) is 84.1 cm³/mol. The number of hydrogen-bond donors (Lipinski definition) is 0. The van der Waals surface area contributed by atoms with Gasteiger partial charge in [0.25, 0.3) is 0 Å². The molecule has 0 bridgehead atoms. The minimum Gasteiger partial charge on any atom is -0.326 e. The molecule has 0 aliphatic rings. The number of aryl methyl sites for hydroxylation is 2. The number of alkyl halides is 1. The number of benzene rings is 2. The molecule has 0 fully saturated rings. The summed E-state index contributed by atoms with van der Waals surface area (Å²) in [6, 6.07) is 14.7. The summed E-state index contributed by atoms with van der Waals surface area (Å²) in [7, 11) is 0. The number of para-hydroxylation sites is 2. The van der Waals surface area contributed by atoms with E-state index in [1.807, 2.05) is 37.3 Å². The summed E-state index contributed by atoms with van der Waals surface area (Å²) in [5, 5.41) is -0.162. The van der Waals surface area contributed by atoms with Crippen molar-refractivity contribution in [2.75, 3.05) is 0 Å². The van der Waals surface area contributed by atoms with Crippen molar-refractivity contribution in [3.8, 4) is 0 Å². The molecule has 0 radical (unpaired) electrons. The third-order valence-electron chi connectivity index (χ3n) is 3.55. The average molecular weight is 303 g/mol. The Bertz CT molecular complexity index is 764. The zero-order chi connectivity index (χ0) is 14.8. The highest BCUT2D eigenvalue weighted by atomic mass is 35.5. The first-order valence-corrected chi connectivity index (χ1v) is 7.42. The summed E-state index contributed by atoms with van der Waals surface area (Å²) < 4.78 is 15.4. The lowest BCUT2D eigenvalue weighted by Gasteiger charge is -2.10. The SMILES string of the molecule is CC(Cl)c1nc2ccccc2n1CCc1cccc(F)c1. The Morgan fingerprint density at radius 3 is 2.76 bits per heavy atom. The van der Waals surface area contributed by atoms with Crippen LogP contribution in [0.3, 0.4) is 0 Å². The van der Waals surface area contributed by atoms with Gasteiger partial charge in [-0.2, -0.15) is 0 Å². The van der Waals surface area contributed by atoms with Gasteiger partial charge in [-0.25, -0.2) is 9.37 Å². The van der Waals surface area contributed by atoms with Crippen LogP contribution in [0.15, 0.2) is 48.5 Å². The molecule has 0 amide bonds. The Morgan fingerprint density at radius 2 is 2.00 bits per heavy atom. The van der Waals surface area contributed by atoms with Gasteiger partial charge in [0.05, 0.1) is 16.4 Å². The molecule has 0 spiro atoms. The van der Waals surface area contributed by atoms with Crippen LogP contribution in [0.1, 0.15) is 23.7 Å². The van der Waals surface area contributed by atoms with Gasteiger partial charge in [-0.3, -0.25) is 0 Å². The molecule has 3 aromatic rings. The third kappa shape index (κ3) is 2.93. The van der Waals surface area contributed by atoms with Crippen LogP contribution in [0.5, 0.6) is 0 Å². The number of hydrogen-bond acceptors (Lipinski definition) is 1. The Hall–Kier alpha value is -1.87. The van der Waals surface area contributed by atoms with Crippen LogP contribution in [0.25, 0.3) is 11.0 Å². The van der Waals surface area contributed by atoms with Gasteiger partial charge in [0.1, 0.15) is 11.6 Å². The van der Waals surface area contributed by atoms with E-state index in [-0.39, 0.29) is 11.2 Å². The molecule has 1 unspecified atom stereocenters. The molecule has 0 N–H and O–H groups in total. The average Bonchev–Trinajstić information content (AvgIpc) is 2.84. The minimum atomic E-state index is -0.200. The summed E-state index contributed by atoms with van der Waals surface area (Å²) in [5.74, 6) is 0.656. The number of rotatable bonds is 4. The molecule has 108 valence electrons. The molecule has 1 heterocycles. The normalized spacial score (nSPS) is 12.7. The minimum absolute atomic E-state index is 0.162. The second kappa shape index (κ2) is 5.86. The summed E-state index contributed by atoms with van der Waals surface area (Å²) >= 11 is 6.24. The van der Waals surface area contributed by atoms with E-state index in [0.29, 0.717) is 0 Å². The molecule has 2 nitrogen and oxygen atoms in total. The molecule has 3 rings (SSSR count). The van der Waals surface area contributed by atoms with E-state index in [1.54, 1.807) is 12.1 Å². The molecule has 0 aliphatic heterocycles. The van der Waals surface area contributed by atoms with Crippen LogP contribution in [0, 0.1) is 5.82 Å². The monoisotopic (exact) mass is 302 g/mol. The Labute approximate surface area is 128 Å². The molecule has 2 aromatic carbocycles. The van der Waals surface area contributed by atoms with Crippen molar-refractivity contribution in [2.45, 2.75) is 25.3 Å². The van der Waals surface area contributed by atoms with Gasteiger partial charge in [0, 0.05) is 6.54 Å². The van der Waals surface area contributed by atoms with E-state index in [4.69, 9.17) is 11.6 Å². The highest BCUT2D eigenvalue weighted by molar-refractivity contribution is 6.20. The van der Waals surface area contributed by atoms with Crippen LogP contribution in [-0.2, 0) is 13.0 Å². The molecule has 1 atom stereocenters. The first-order chi connectivity index (χ1) is 10.1. The van der Waals surface area contributed by atoms with E-state index in [9.17, 15) is 4.39 Å². The summed E-state index contributed by atoms with van der Waals surface area (Å²) in [5.41, 5.74) is 2.98. The lowest BCUT2D eigenvalue weighted by atomic mass is 10.1. The van der Waals surface area contributed by atoms with Crippen LogP contribution in [0.2, 0.25) is 0 Å². The molecule has 21 heavy (non-hydrogen) atoms. The molecule has 0 saturated carbocycles. The highest BCUT2D eigenvalue weighted by Crippen LogP contribution is 2.24. The second-order valence-corrected chi connectivity index (χ2v) is 5.76. The van der Waals surface area contributed by atoms with Crippen molar-refractivity contribution in [1.82, 2.24) is 9.55 Å². The lowest BCUT2D eigenvalue weighted by Crippen LogP contribution is -2.07. The van der Waals surface area contributed by atoms with Gasteiger partial charge < -0.3 is 4.57 Å². The number of halogens is 2. The van der Waals surface area contributed by atoms with Crippen molar-refractivity contribution in [2.24, 2.45) is 0 Å². The standard InChI is InChI=1S/C17H16ClFN2/c1-12(18)17-20-15-7-2-3-8-16(15)21(17)10-9-13-5-4-6-14(19)11-13/h2-8,11-12H,9-10H2,1H3. The molecule has 0 aliphatic carbocycles. The quantitative estimate of drug-likeness (QED) is 0.638. The fraction of sp³-hybridized carbons (Fsp3) is 0.235. The van der Waals surface area contributed by atoms with Crippen LogP contribution < -0.4 is 0 Å². The maximum atomic E-state index is 13.3. The summed E-state index contributed by atoms with van der Waals surface area (Å²) in [6.45, 7) is 2.65. The van der Waals surface area contributed by atoms with Crippen molar-refractivity contribution in [1.29, 1.82) is 0 Å². The summed E-state index contributed by atoms with van der Waals surface area (Å²) in [6.07, 6.45) is 0.745. The zero-order valence-electron chi connectivity index (χ0n) is 11.8. The summed E-state index contributed by atoms with van der Waals surface area (Å²) in [4.78, 5) is 4.60. The number of nitrogens with zero attached hydrogens (tertiary/aromatic N) is 2. The molecule has 0 saturated heterocycles. The predicted octanol–water partition coefficient (Wildman–Crippen LogP) is 4.72. The van der Waals surface area contributed by atoms with Crippen molar-refractivity contribution in [3.05, 3.63) is 65.7 Å². The van der Waals surface area contributed by atoms with Gasteiger partial charge in [-0.1, -0.05) is 24.3 Å². The van der Waals surface area contributed by atoms with Crippen LogP contribution in [0.4, 0.5) is 4.39 Å². The van der Waals surface area contributed by atoms with E-state index in [2.05, 4.69) is 9.55 Å². The molecule has 1 aromatic heterocycles. The van der Waals surface area contributed by atoms with Crippen LogP contribution in [-0.4, -0.2) is 9.55 Å². The second-order valence-electron chi connectivity index (χ2n) is 5.11. The fourth-order valence-corrected chi connectivity index (χ4v) is 2.73. The first kappa shape index (κ1) is 14.1. The number of fused-ring (bicyclic) bond motifs is 1. The molecule has 4 heteroatoms. The van der Waals surface area contributed by atoms with E-state index < -0.39 is 0 Å².